The van der Waals surface area contributed by atoms with Crippen LogP contribution in [0, 0.1) is 0 Å². The fourth-order valence-corrected chi connectivity index (χ4v) is 2.08. The Bertz CT molecular complexity index is 602. The standard InChI is InChI=1S/C9H10OS.C8H8OS/c1-7(10)8-3-5-9(11-2)6-4-8;1-6(9)7-2-4-8(10)5-3-7/h3-6H,1-2H3;2-5,10H,1H3. The van der Waals surface area contributed by atoms with E-state index >= 15 is 0 Å². The zero-order valence-electron chi connectivity index (χ0n) is 12.3. The molecule has 0 bridgehead atoms. The summed E-state index contributed by atoms with van der Waals surface area (Å²) < 4.78 is 0. The quantitative estimate of drug-likeness (QED) is 0.502. The largest absolute Gasteiger partial charge is 0.295 e. The number of ketones is 2. The average Bonchev–Trinajstić information content (AvgIpc) is 2.48. The molecule has 0 saturated heterocycles. The van der Waals surface area contributed by atoms with Gasteiger partial charge in [0.2, 0.25) is 0 Å². The minimum absolute atomic E-state index is 0.0910. The fraction of sp³-hybridized carbons (Fsp3) is 0.176. The van der Waals surface area contributed by atoms with E-state index in [1.807, 2.05) is 30.5 Å². The van der Waals surface area contributed by atoms with Crippen molar-refractivity contribution >= 4 is 36.0 Å². The van der Waals surface area contributed by atoms with Crippen LogP contribution in [0.4, 0.5) is 0 Å². The van der Waals surface area contributed by atoms with Crippen LogP contribution in [-0.2, 0) is 0 Å². The minimum atomic E-state index is 0.0910. The molecular weight excluding hydrogens is 300 g/mol. The van der Waals surface area contributed by atoms with Crippen molar-refractivity contribution in [2.24, 2.45) is 0 Å². The summed E-state index contributed by atoms with van der Waals surface area (Å²) in [4.78, 5) is 23.6. The molecule has 0 atom stereocenters. The van der Waals surface area contributed by atoms with Crippen LogP contribution in [0.25, 0.3) is 0 Å². The molecular formula is C17H18O2S2. The second-order valence-electron chi connectivity index (χ2n) is 4.39. The molecule has 0 aliphatic carbocycles. The van der Waals surface area contributed by atoms with E-state index in [9.17, 15) is 9.59 Å². The highest BCUT2D eigenvalue weighted by Gasteiger charge is 1.97. The van der Waals surface area contributed by atoms with E-state index in [4.69, 9.17) is 0 Å². The highest BCUT2D eigenvalue weighted by atomic mass is 32.2. The number of thiol groups is 1. The molecule has 0 aromatic heterocycles. The van der Waals surface area contributed by atoms with E-state index in [1.165, 1.54) is 4.90 Å². The van der Waals surface area contributed by atoms with Gasteiger partial charge in [-0.3, -0.25) is 9.59 Å². The molecule has 0 aliphatic rings. The van der Waals surface area contributed by atoms with Crippen molar-refractivity contribution in [3.8, 4) is 0 Å². The first-order valence-electron chi connectivity index (χ1n) is 6.39. The monoisotopic (exact) mass is 318 g/mol. The first kappa shape index (κ1) is 17.5. The molecule has 0 N–H and O–H groups in total. The predicted octanol–water partition coefficient (Wildman–Crippen LogP) is 4.79. The van der Waals surface area contributed by atoms with Gasteiger partial charge in [0.05, 0.1) is 0 Å². The smallest absolute Gasteiger partial charge is 0.159 e. The van der Waals surface area contributed by atoms with E-state index < -0.39 is 0 Å². The number of thioether (sulfide) groups is 1. The van der Waals surface area contributed by atoms with Crippen LogP contribution < -0.4 is 0 Å². The third-order valence-electron chi connectivity index (χ3n) is 2.77. The van der Waals surface area contributed by atoms with Gasteiger partial charge in [-0.2, -0.15) is 0 Å². The molecule has 4 heteroatoms. The van der Waals surface area contributed by atoms with Crippen LogP contribution in [-0.4, -0.2) is 17.8 Å². The lowest BCUT2D eigenvalue weighted by molar-refractivity contribution is 0.100. The molecule has 0 heterocycles. The molecule has 0 aliphatic heterocycles. The lowest BCUT2D eigenvalue weighted by Crippen LogP contribution is -1.89. The lowest BCUT2D eigenvalue weighted by atomic mass is 10.2. The summed E-state index contributed by atoms with van der Waals surface area (Å²) in [6.07, 6.45) is 2.02. The third-order valence-corrected chi connectivity index (χ3v) is 3.81. The summed E-state index contributed by atoms with van der Waals surface area (Å²) >= 11 is 5.77. The summed E-state index contributed by atoms with van der Waals surface area (Å²) in [5, 5.41) is 0. The third kappa shape index (κ3) is 6.19. The Morgan fingerprint density at radius 1 is 0.810 bits per heavy atom. The highest BCUT2D eigenvalue weighted by molar-refractivity contribution is 7.98. The van der Waals surface area contributed by atoms with Gasteiger partial charge < -0.3 is 0 Å². The zero-order chi connectivity index (χ0) is 15.8. The summed E-state index contributed by atoms with van der Waals surface area (Å²) in [7, 11) is 0. The van der Waals surface area contributed by atoms with E-state index in [2.05, 4.69) is 12.6 Å². The van der Waals surface area contributed by atoms with Crippen molar-refractivity contribution in [2.75, 3.05) is 6.26 Å². The van der Waals surface area contributed by atoms with Crippen molar-refractivity contribution < 1.29 is 9.59 Å². The van der Waals surface area contributed by atoms with Gasteiger partial charge >= 0.3 is 0 Å². The van der Waals surface area contributed by atoms with Gasteiger partial charge in [0.25, 0.3) is 0 Å². The number of hydrogen-bond donors (Lipinski definition) is 1. The number of rotatable bonds is 3. The zero-order valence-corrected chi connectivity index (χ0v) is 14.0. The average molecular weight is 318 g/mol. The molecule has 2 aromatic rings. The maximum Gasteiger partial charge on any atom is 0.159 e. The number of carbonyl (C=O) groups is 2. The SMILES string of the molecule is CC(=O)c1ccc(S)cc1.CSc1ccc(C(C)=O)cc1. The summed E-state index contributed by atoms with van der Waals surface area (Å²) in [5.41, 5.74) is 1.51. The topological polar surface area (TPSA) is 34.1 Å². The molecule has 0 unspecified atom stereocenters. The minimum Gasteiger partial charge on any atom is -0.295 e. The first-order valence-corrected chi connectivity index (χ1v) is 8.06. The van der Waals surface area contributed by atoms with E-state index in [0.717, 1.165) is 16.0 Å². The molecule has 2 rings (SSSR count). The first-order chi connectivity index (χ1) is 9.93. The second kappa shape index (κ2) is 8.70. The molecule has 0 fully saturated rings. The maximum atomic E-state index is 10.8. The second-order valence-corrected chi connectivity index (χ2v) is 5.78. The van der Waals surface area contributed by atoms with Crippen LogP contribution >= 0.6 is 24.4 Å². The predicted molar refractivity (Wildman–Crippen MR) is 91.9 cm³/mol. The van der Waals surface area contributed by atoms with Gasteiger partial charge in [-0.25, -0.2) is 0 Å². The number of benzene rings is 2. The van der Waals surface area contributed by atoms with E-state index in [-0.39, 0.29) is 11.6 Å². The Labute approximate surface area is 135 Å². The van der Waals surface area contributed by atoms with Crippen molar-refractivity contribution in [3.05, 3.63) is 59.7 Å². The lowest BCUT2D eigenvalue weighted by Gasteiger charge is -1.96. The number of carbonyl (C=O) groups excluding carboxylic acids is 2. The molecule has 0 radical (unpaired) electrons. The highest BCUT2D eigenvalue weighted by Crippen LogP contribution is 2.14. The summed E-state index contributed by atoms with van der Waals surface area (Å²) in [5.74, 6) is 0.214. The van der Waals surface area contributed by atoms with Crippen LogP contribution in [0.3, 0.4) is 0 Å². The molecule has 110 valence electrons. The Kier molecular flexibility index (Phi) is 7.26. The molecule has 0 saturated carbocycles. The number of Topliss-reactive ketones (excluding diaryl/α,β-unsaturated/α-hetero) is 2. The number of hydrogen-bond acceptors (Lipinski definition) is 4. The Morgan fingerprint density at radius 2 is 1.19 bits per heavy atom. The Hall–Kier alpha value is -1.52. The van der Waals surface area contributed by atoms with E-state index in [0.29, 0.717) is 0 Å². The van der Waals surface area contributed by atoms with Gasteiger partial charge in [-0.1, -0.05) is 24.3 Å². The van der Waals surface area contributed by atoms with Crippen molar-refractivity contribution in [1.29, 1.82) is 0 Å². The maximum absolute atomic E-state index is 10.8. The summed E-state index contributed by atoms with van der Waals surface area (Å²) in [6, 6.07) is 14.8. The van der Waals surface area contributed by atoms with Crippen LogP contribution in [0.2, 0.25) is 0 Å². The van der Waals surface area contributed by atoms with Crippen molar-refractivity contribution in [2.45, 2.75) is 23.6 Å². The van der Waals surface area contributed by atoms with Gasteiger partial charge in [-0.05, 0) is 44.4 Å². The fourth-order valence-electron chi connectivity index (χ4n) is 1.52. The molecule has 2 aromatic carbocycles. The molecule has 2 nitrogen and oxygen atoms in total. The van der Waals surface area contributed by atoms with Gasteiger partial charge in [0.1, 0.15) is 0 Å². The van der Waals surface area contributed by atoms with Crippen LogP contribution in [0.15, 0.2) is 58.3 Å². The van der Waals surface area contributed by atoms with Gasteiger partial charge in [-0.15, -0.1) is 24.4 Å². The summed E-state index contributed by atoms with van der Waals surface area (Å²) in [6.45, 7) is 3.13. The Balaban J connectivity index is 0.000000211. The van der Waals surface area contributed by atoms with E-state index in [1.54, 1.807) is 49.9 Å². The van der Waals surface area contributed by atoms with Crippen molar-refractivity contribution in [3.63, 3.8) is 0 Å². The molecule has 0 amide bonds. The van der Waals surface area contributed by atoms with Crippen LogP contribution in [0.5, 0.6) is 0 Å². The van der Waals surface area contributed by atoms with Crippen molar-refractivity contribution in [1.82, 2.24) is 0 Å². The molecule has 0 spiro atoms. The molecule has 21 heavy (non-hydrogen) atoms. The van der Waals surface area contributed by atoms with Gasteiger partial charge in [0.15, 0.2) is 11.6 Å². The van der Waals surface area contributed by atoms with Gasteiger partial charge in [0, 0.05) is 20.9 Å². The van der Waals surface area contributed by atoms with Crippen LogP contribution in [0.1, 0.15) is 34.6 Å². The normalized spacial score (nSPS) is 9.52. The Morgan fingerprint density at radius 3 is 1.52 bits per heavy atom.